The summed E-state index contributed by atoms with van der Waals surface area (Å²) < 4.78 is -0.475. The van der Waals surface area contributed by atoms with Gasteiger partial charge in [0, 0.05) is 16.7 Å². The monoisotopic (exact) mass is 353 g/mol. The SMILES string of the molecule is CCN1c2ccccc2C=C(Br)[C@@H]1C(Cl)(Cl)Cl. The van der Waals surface area contributed by atoms with Gasteiger partial charge in [-0.25, -0.2) is 0 Å². The first kappa shape index (κ1) is 13.5. The van der Waals surface area contributed by atoms with E-state index in [0.717, 1.165) is 22.3 Å². The Hall–Kier alpha value is 0.110. The van der Waals surface area contributed by atoms with Crippen LogP contribution in [0.1, 0.15) is 12.5 Å². The van der Waals surface area contributed by atoms with Gasteiger partial charge in [-0.3, -0.25) is 0 Å². The highest BCUT2D eigenvalue weighted by molar-refractivity contribution is 9.11. The van der Waals surface area contributed by atoms with Gasteiger partial charge in [0.25, 0.3) is 0 Å². The third kappa shape index (κ3) is 2.60. The summed E-state index contributed by atoms with van der Waals surface area (Å²) in [6.07, 6.45) is 2.01. The molecule has 5 heteroatoms. The van der Waals surface area contributed by atoms with Gasteiger partial charge in [-0.2, -0.15) is 0 Å². The van der Waals surface area contributed by atoms with Crippen molar-refractivity contribution in [3.8, 4) is 0 Å². The Bertz CT molecular complexity index is 453. The number of alkyl halides is 3. The van der Waals surface area contributed by atoms with E-state index < -0.39 is 3.79 Å². The molecule has 0 unspecified atom stereocenters. The van der Waals surface area contributed by atoms with Crippen molar-refractivity contribution in [3.05, 3.63) is 34.3 Å². The number of anilines is 1. The minimum Gasteiger partial charge on any atom is -0.359 e. The third-order valence-electron chi connectivity index (χ3n) is 2.76. The molecule has 1 aliphatic heterocycles. The quantitative estimate of drug-likeness (QED) is 0.641. The van der Waals surface area contributed by atoms with Gasteiger partial charge in [-0.05, 0) is 24.6 Å². The van der Waals surface area contributed by atoms with Crippen LogP contribution in [0.15, 0.2) is 28.7 Å². The van der Waals surface area contributed by atoms with Crippen molar-refractivity contribution in [2.75, 3.05) is 11.4 Å². The minimum absolute atomic E-state index is 0.285. The van der Waals surface area contributed by atoms with Gasteiger partial charge >= 0.3 is 0 Å². The Morgan fingerprint density at radius 1 is 1.29 bits per heavy atom. The van der Waals surface area contributed by atoms with Crippen LogP contribution in [0, 0.1) is 0 Å². The zero-order valence-corrected chi connectivity index (χ0v) is 13.0. The average Bonchev–Trinajstić information content (AvgIpc) is 2.25. The van der Waals surface area contributed by atoms with E-state index in [0.29, 0.717) is 0 Å². The smallest absolute Gasteiger partial charge is 0.215 e. The molecule has 0 N–H and O–H groups in total. The predicted octanol–water partition coefficient (Wildman–Crippen LogP) is 5.00. The number of rotatable bonds is 1. The number of hydrogen-bond donors (Lipinski definition) is 0. The van der Waals surface area contributed by atoms with Crippen LogP contribution in [0.5, 0.6) is 0 Å². The minimum atomic E-state index is -1.36. The summed E-state index contributed by atoms with van der Waals surface area (Å²) in [5.41, 5.74) is 2.22. The molecule has 1 atom stereocenters. The van der Waals surface area contributed by atoms with Crippen molar-refractivity contribution in [2.45, 2.75) is 16.8 Å². The number of hydrogen-bond acceptors (Lipinski definition) is 1. The molecule has 1 heterocycles. The zero-order chi connectivity index (χ0) is 12.6. The van der Waals surface area contributed by atoms with E-state index in [2.05, 4.69) is 20.8 Å². The lowest BCUT2D eigenvalue weighted by Gasteiger charge is -2.40. The lowest BCUT2D eigenvalue weighted by Crippen LogP contribution is -2.46. The number of benzene rings is 1. The molecule has 0 aliphatic carbocycles. The van der Waals surface area contributed by atoms with Crippen LogP contribution in [0.3, 0.4) is 0 Å². The number of halogens is 4. The summed E-state index contributed by atoms with van der Waals surface area (Å²) in [6.45, 7) is 2.82. The average molecular weight is 355 g/mol. The molecule has 0 bridgehead atoms. The van der Waals surface area contributed by atoms with E-state index in [4.69, 9.17) is 34.8 Å². The Kier molecular flexibility index (Phi) is 3.99. The highest BCUT2D eigenvalue weighted by Crippen LogP contribution is 2.45. The second-order valence-electron chi connectivity index (χ2n) is 3.82. The zero-order valence-electron chi connectivity index (χ0n) is 9.13. The fourth-order valence-corrected chi connectivity index (χ4v) is 4.01. The van der Waals surface area contributed by atoms with Crippen molar-refractivity contribution < 1.29 is 0 Å². The van der Waals surface area contributed by atoms with E-state index in [-0.39, 0.29) is 6.04 Å². The maximum Gasteiger partial charge on any atom is 0.215 e. The normalized spacial score (nSPS) is 19.9. The van der Waals surface area contributed by atoms with Gasteiger partial charge in [-0.15, -0.1) is 0 Å². The van der Waals surface area contributed by atoms with Gasteiger partial charge in [0.2, 0.25) is 3.79 Å². The molecule has 0 saturated heterocycles. The molecule has 0 radical (unpaired) electrons. The Morgan fingerprint density at radius 2 is 1.94 bits per heavy atom. The van der Waals surface area contributed by atoms with E-state index in [9.17, 15) is 0 Å². The molecule has 1 aliphatic rings. The van der Waals surface area contributed by atoms with Crippen molar-refractivity contribution in [1.82, 2.24) is 0 Å². The number of fused-ring (bicyclic) bond motifs is 1. The molecular formula is C12H11BrCl3N. The Morgan fingerprint density at radius 3 is 2.53 bits per heavy atom. The van der Waals surface area contributed by atoms with E-state index in [1.165, 1.54) is 0 Å². The molecule has 1 aromatic carbocycles. The molecule has 0 amide bonds. The number of para-hydroxylation sites is 1. The maximum absolute atomic E-state index is 6.07. The van der Waals surface area contributed by atoms with Gasteiger partial charge in [-0.1, -0.05) is 68.9 Å². The van der Waals surface area contributed by atoms with E-state index >= 15 is 0 Å². The maximum atomic E-state index is 6.07. The van der Waals surface area contributed by atoms with Crippen LogP contribution >= 0.6 is 50.7 Å². The van der Waals surface area contributed by atoms with Crippen LogP contribution in [0.25, 0.3) is 6.08 Å². The molecule has 1 nitrogen and oxygen atoms in total. The molecule has 0 fully saturated rings. The van der Waals surface area contributed by atoms with Crippen LogP contribution in [0.4, 0.5) is 5.69 Å². The molecule has 0 spiro atoms. The molecule has 1 aromatic rings. The molecule has 17 heavy (non-hydrogen) atoms. The first-order valence-corrected chi connectivity index (χ1v) is 7.17. The Balaban J connectivity index is 2.54. The second-order valence-corrected chi connectivity index (χ2v) is 7.10. The van der Waals surface area contributed by atoms with E-state index in [1.807, 2.05) is 37.3 Å². The molecule has 92 valence electrons. The summed E-state index contributed by atoms with van der Waals surface area (Å²) in [4.78, 5) is 2.09. The fourth-order valence-electron chi connectivity index (χ4n) is 2.07. The van der Waals surface area contributed by atoms with Gasteiger partial charge < -0.3 is 4.90 Å². The topological polar surface area (TPSA) is 3.24 Å². The first-order valence-electron chi connectivity index (χ1n) is 5.24. The standard InChI is InChI=1S/C12H11BrCl3N/c1-2-17-10-6-4-3-5-8(10)7-9(13)11(17)12(14,15)16/h3-7,11H,2H2,1H3/t11-/m1/s1. The van der Waals surface area contributed by atoms with Gasteiger partial charge in [0.1, 0.15) is 6.04 Å². The van der Waals surface area contributed by atoms with Crippen molar-refractivity contribution in [1.29, 1.82) is 0 Å². The molecular weight excluding hydrogens is 344 g/mol. The summed E-state index contributed by atoms with van der Waals surface area (Å²) in [5.74, 6) is 0. The first-order chi connectivity index (χ1) is 7.95. The molecule has 0 saturated carbocycles. The lowest BCUT2D eigenvalue weighted by molar-refractivity contribution is 0.705. The van der Waals surface area contributed by atoms with Crippen LogP contribution in [0.2, 0.25) is 0 Å². The van der Waals surface area contributed by atoms with E-state index in [1.54, 1.807) is 0 Å². The third-order valence-corrected chi connectivity index (χ3v) is 4.05. The lowest BCUT2D eigenvalue weighted by atomic mass is 10.0. The molecule has 0 aromatic heterocycles. The van der Waals surface area contributed by atoms with Crippen LogP contribution in [-0.4, -0.2) is 16.4 Å². The van der Waals surface area contributed by atoms with Crippen molar-refractivity contribution in [3.63, 3.8) is 0 Å². The number of likely N-dealkylation sites (N-methyl/N-ethyl adjacent to an activating group) is 1. The fraction of sp³-hybridized carbons (Fsp3) is 0.333. The summed E-state index contributed by atoms with van der Waals surface area (Å²) in [7, 11) is 0. The van der Waals surface area contributed by atoms with Gasteiger partial charge in [0.05, 0.1) is 0 Å². The highest BCUT2D eigenvalue weighted by Gasteiger charge is 2.41. The largest absolute Gasteiger partial charge is 0.359 e. The Labute approximate surface area is 124 Å². The van der Waals surface area contributed by atoms with Crippen molar-refractivity contribution >= 4 is 62.5 Å². The predicted molar refractivity (Wildman–Crippen MR) is 80.4 cm³/mol. The van der Waals surface area contributed by atoms with Crippen molar-refractivity contribution in [2.24, 2.45) is 0 Å². The van der Waals surface area contributed by atoms with Crippen LogP contribution < -0.4 is 4.90 Å². The highest BCUT2D eigenvalue weighted by atomic mass is 79.9. The summed E-state index contributed by atoms with van der Waals surface area (Å²) in [6, 6.07) is 7.79. The second kappa shape index (κ2) is 5.00. The van der Waals surface area contributed by atoms with Crippen LogP contribution in [-0.2, 0) is 0 Å². The van der Waals surface area contributed by atoms with Gasteiger partial charge in [0.15, 0.2) is 0 Å². The molecule has 2 rings (SSSR count). The number of nitrogens with zero attached hydrogens (tertiary/aromatic N) is 1. The summed E-state index contributed by atoms with van der Waals surface area (Å²) >= 11 is 21.7. The summed E-state index contributed by atoms with van der Waals surface area (Å²) in [5, 5.41) is 0.